The number of hydrogen-bond donors (Lipinski definition) is 1. The lowest BCUT2D eigenvalue weighted by atomic mass is 10.2. The highest BCUT2D eigenvalue weighted by atomic mass is 16.5. The maximum atomic E-state index is 9.30. The van der Waals surface area contributed by atoms with Gasteiger partial charge in [0, 0.05) is 5.69 Å². The van der Waals surface area contributed by atoms with E-state index in [4.69, 9.17) is 4.52 Å². The molecule has 0 aliphatic carbocycles. The maximum absolute atomic E-state index is 9.30. The molecule has 0 saturated carbocycles. The van der Waals surface area contributed by atoms with Gasteiger partial charge in [0.05, 0.1) is 11.3 Å². The van der Waals surface area contributed by atoms with Crippen molar-refractivity contribution < 1.29 is 9.63 Å². The molecule has 84 valence electrons. The Bertz CT molecular complexity index is 506. The Balaban J connectivity index is 2.42. The highest BCUT2D eigenvalue weighted by molar-refractivity contribution is 5.55. The molecule has 1 N–H and O–H groups in total. The van der Waals surface area contributed by atoms with Crippen molar-refractivity contribution in [1.82, 2.24) is 15.1 Å². The highest BCUT2D eigenvalue weighted by Gasteiger charge is 2.14. The van der Waals surface area contributed by atoms with Crippen LogP contribution in [0.4, 0.5) is 0 Å². The summed E-state index contributed by atoms with van der Waals surface area (Å²) in [6.45, 7) is 5.40. The minimum atomic E-state index is -0.726. The molecule has 16 heavy (non-hydrogen) atoms. The molecule has 0 aliphatic rings. The van der Waals surface area contributed by atoms with Crippen LogP contribution in [-0.4, -0.2) is 20.2 Å². The van der Waals surface area contributed by atoms with Crippen LogP contribution in [0.3, 0.4) is 0 Å². The van der Waals surface area contributed by atoms with Crippen molar-refractivity contribution in [3.63, 3.8) is 0 Å². The number of aryl methyl sites for hydroxylation is 2. The van der Waals surface area contributed by atoms with Crippen LogP contribution in [0, 0.1) is 13.8 Å². The first-order valence-electron chi connectivity index (χ1n) is 5.04. The van der Waals surface area contributed by atoms with Crippen LogP contribution < -0.4 is 0 Å². The summed E-state index contributed by atoms with van der Waals surface area (Å²) in [7, 11) is 0. The molecule has 2 aromatic rings. The van der Waals surface area contributed by atoms with Crippen molar-refractivity contribution in [2.45, 2.75) is 26.9 Å². The van der Waals surface area contributed by atoms with E-state index in [1.54, 1.807) is 6.92 Å². The van der Waals surface area contributed by atoms with Crippen LogP contribution in [0.25, 0.3) is 11.5 Å². The van der Waals surface area contributed by atoms with Crippen molar-refractivity contribution >= 4 is 0 Å². The first-order valence-corrected chi connectivity index (χ1v) is 5.04. The summed E-state index contributed by atoms with van der Waals surface area (Å²) < 4.78 is 5.07. The van der Waals surface area contributed by atoms with Gasteiger partial charge in [-0.1, -0.05) is 5.16 Å². The van der Waals surface area contributed by atoms with Crippen LogP contribution in [0.5, 0.6) is 0 Å². The van der Waals surface area contributed by atoms with Crippen molar-refractivity contribution in [3.05, 3.63) is 29.3 Å². The number of rotatable bonds is 2. The van der Waals surface area contributed by atoms with Gasteiger partial charge in [0.25, 0.3) is 5.89 Å². The van der Waals surface area contributed by atoms with Gasteiger partial charge in [-0.3, -0.25) is 4.98 Å². The summed E-state index contributed by atoms with van der Waals surface area (Å²) in [6.07, 6.45) is -0.726. The van der Waals surface area contributed by atoms with Gasteiger partial charge in [0.1, 0.15) is 6.10 Å². The topological polar surface area (TPSA) is 72.0 Å². The van der Waals surface area contributed by atoms with Crippen LogP contribution in [0.15, 0.2) is 16.7 Å². The van der Waals surface area contributed by atoms with E-state index in [0.717, 1.165) is 17.0 Å². The minimum Gasteiger partial charge on any atom is -0.385 e. The highest BCUT2D eigenvalue weighted by Crippen LogP contribution is 2.21. The lowest BCUT2D eigenvalue weighted by molar-refractivity contribution is 0.184. The summed E-state index contributed by atoms with van der Waals surface area (Å²) >= 11 is 0. The van der Waals surface area contributed by atoms with Gasteiger partial charge in [-0.05, 0) is 32.9 Å². The fraction of sp³-hybridized carbons (Fsp3) is 0.364. The normalized spacial score (nSPS) is 12.8. The van der Waals surface area contributed by atoms with Crippen molar-refractivity contribution in [3.8, 4) is 11.5 Å². The van der Waals surface area contributed by atoms with Crippen molar-refractivity contribution in [1.29, 1.82) is 0 Å². The quantitative estimate of drug-likeness (QED) is 0.833. The van der Waals surface area contributed by atoms with E-state index in [-0.39, 0.29) is 5.82 Å². The van der Waals surface area contributed by atoms with E-state index in [1.807, 2.05) is 26.0 Å². The smallest absolute Gasteiger partial charge is 0.259 e. The molecule has 0 saturated heterocycles. The third-order valence-electron chi connectivity index (χ3n) is 2.27. The van der Waals surface area contributed by atoms with E-state index in [0.29, 0.717) is 5.89 Å². The molecule has 2 rings (SSSR count). The number of aliphatic hydroxyl groups is 1. The van der Waals surface area contributed by atoms with Crippen molar-refractivity contribution in [2.75, 3.05) is 0 Å². The van der Waals surface area contributed by atoms with E-state index in [2.05, 4.69) is 15.1 Å². The zero-order valence-electron chi connectivity index (χ0n) is 9.43. The molecule has 1 atom stereocenters. The van der Waals surface area contributed by atoms with Gasteiger partial charge in [-0.15, -0.1) is 0 Å². The molecule has 2 heterocycles. The average molecular weight is 219 g/mol. The minimum absolute atomic E-state index is 0.287. The third-order valence-corrected chi connectivity index (χ3v) is 2.27. The second-order valence-corrected chi connectivity index (χ2v) is 3.72. The number of aromatic nitrogens is 3. The Morgan fingerprint density at radius 1 is 1.25 bits per heavy atom. The predicted molar refractivity (Wildman–Crippen MR) is 57.6 cm³/mol. The maximum Gasteiger partial charge on any atom is 0.259 e. The lowest BCUT2D eigenvalue weighted by Gasteiger charge is -2.00. The molecule has 0 spiro atoms. The second-order valence-electron chi connectivity index (χ2n) is 3.72. The summed E-state index contributed by atoms with van der Waals surface area (Å²) in [6, 6.07) is 3.77. The van der Waals surface area contributed by atoms with Crippen LogP contribution >= 0.6 is 0 Å². The van der Waals surface area contributed by atoms with Crippen LogP contribution in [0.2, 0.25) is 0 Å². The number of pyridine rings is 1. The fourth-order valence-corrected chi connectivity index (χ4v) is 1.43. The fourth-order valence-electron chi connectivity index (χ4n) is 1.43. The van der Waals surface area contributed by atoms with Gasteiger partial charge in [0.15, 0.2) is 5.82 Å². The molecule has 0 fully saturated rings. The van der Waals surface area contributed by atoms with E-state index in [1.165, 1.54) is 0 Å². The summed E-state index contributed by atoms with van der Waals surface area (Å²) in [5.74, 6) is 0.677. The van der Waals surface area contributed by atoms with E-state index in [9.17, 15) is 5.11 Å². The van der Waals surface area contributed by atoms with Gasteiger partial charge < -0.3 is 9.63 Å². The van der Waals surface area contributed by atoms with Crippen LogP contribution in [-0.2, 0) is 0 Å². The Labute approximate surface area is 93.1 Å². The molecule has 5 nitrogen and oxygen atoms in total. The Morgan fingerprint density at radius 2 is 2.00 bits per heavy atom. The molecule has 2 aromatic heterocycles. The third kappa shape index (κ3) is 1.94. The molecule has 0 aromatic carbocycles. The molecule has 0 bridgehead atoms. The van der Waals surface area contributed by atoms with E-state index < -0.39 is 6.10 Å². The van der Waals surface area contributed by atoms with Gasteiger partial charge in [-0.2, -0.15) is 4.98 Å². The summed E-state index contributed by atoms with van der Waals surface area (Å²) in [4.78, 5) is 8.42. The Hall–Kier alpha value is -1.75. The van der Waals surface area contributed by atoms with Gasteiger partial charge in [-0.25, -0.2) is 0 Å². The molecule has 1 unspecified atom stereocenters. The largest absolute Gasteiger partial charge is 0.385 e. The lowest BCUT2D eigenvalue weighted by Crippen LogP contribution is -1.94. The monoisotopic (exact) mass is 219 g/mol. The molecule has 5 heteroatoms. The van der Waals surface area contributed by atoms with Crippen molar-refractivity contribution in [2.24, 2.45) is 0 Å². The Morgan fingerprint density at radius 3 is 2.56 bits per heavy atom. The zero-order valence-corrected chi connectivity index (χ0v) is 9.43. The number of aliphatic hydroxyl groups excluding tert-OH is 1. The molecule has 0 aliphatic heterocycles. The van der Waals surface area contributed by atoms with Gasteiger partial charge >= 0.3 is 0 Å². The summed E-state index contributed by atoms with van der Waals surface area (Å²) in [5.41, 5.74) is 2.57. The van der Waals surface area contributed by atoms with Gasteiger partial charge in [0.2, 0.25) is 0 Å². The molecule has 0 amide bonds. The molecular weight excluding hydrogens is 206 g/mol. The second kappa shape index (κ2) is 4.02. The first kappa shape index (κ1) is 10.8. The number of nitrogens with zero attached hydrogens (tertiary/aromatic N) is 3. The standard InChI is InChI=1S/C11H13N3O2/c1-6-4-5-9(7(2)12-6)11-13-10(8(3)15)14-16-11/h4-5,8,15H,1-3H3. The number of hydrogen-bond acceptors (Lipinski definition) is 5. The molecular formula is C11H13N3O2. The summed E-state index contributed by atoms with van der Waals surface area (Å²) in [5, 5.41) is 13.0. The van der Waals surface area contributed by atoms with Crippen LogP contribution in [0.1, 0.15) is 30.2 Å². The SMILES string of the molecule is Cc1ccc(-c2nc(C(C)O)no2)c(C)n1. The predicted octanol–water partition coefficient (Wildman–Crippen LogP) is 1.80. The average Bonchev–Trinajstić information content (AvgIpc) is 2.66. The Kier molecular flexibility index (Phi) is 2.70. The zero-order chi connectivity index (χ0) is 11.7. The van der Waals surface area contributed by atoms with E-state index >= 15 is 0 Å². The molecule has 0 radical (unpaired) electrons. The first-order chi connectivity index (χ1) is 7.58.